The van der Waals surface area contributed by atoms with E-state index in [1.165, 1.54) is 0 Å². The van der Waals surface area contributed by atoms with E-state index in [9.17, 15) is 19.2 Å². The van der Waals surface area contributed by atoms with Crippen molar-refractivity contribution in [2.45, 2.75) is 38.4 Å². The Morgan fingerprint density at radius 3 is 2.05 bits per heavy atom. The Morgan fingerprint density at radius 2 is 1.49 bits per heavy atom. The molecule has 2 heterocycles. The van der Waals surface area contributed by atoms with Crippen LogP contribution >= 0.6 is 11.6 Å². The predicted molar refractivity (Wildman–Crippen MR) is 138 cm³/mol. The van der Waals surface area contributed by atoms with Gasteiger partial charge in [0.1, 0.15) is 0 Å². The molecule has 3 aromatic carbocycles. The lowest BCUT2D eigenvalue weighted by Gasteiger charge is -2.27. The summed E-state index contributed by atoms with van der Waals surface area (Å²) in [4.78, 5) is 56.7. The third-order valence-corrected chi connectivity index (χ3v) is 8.27. The molecule has 2 aliphatic heterocycles. The van der Waals surface area contributed by atoms with Crippen LogP contribution in [0.1, 0.15) is 63.3 Å². The molecular weight excluding hydrogens is 490 g/mol. The third-order valence-electron chi connectivity index (χ3n) is 7.86. The van der Waals surface area contributed by atoms with Gasteiger partial charge in [0, 0.05) is 16.1 Å². The zero-order valence-electron chi connectivity index (χ0n) is 20.5. The van der Waals surface area contributed by atoms with E-state index >= 15 is 0 Å². The van der Waals surface area contributed by atoms with Crippen molar-refractivity contribution in [1.82, 2.24) is 0 Å². The van der Waals surface area contributed by atoms with Crippen molar-refractivity contribution in [2.75, 3.05) is 4.90 Å². The molecule has 0 N–H and O–H groups in total. The number of aryl methyl sites for hydroxylation is 1. The number of rotatable bonds is 3. The van der Waals surface area contributed by atoms with E-state index in [0.717, 1.165) is 16.0 Å². The van der Waals surface area contributed by atoms with Crippen LogP contribution in [0.2, 0.25) is 5.02 Å². The van der Waals surface area contributed by atoms with Crippen LogP contribution in [0.3, 0.4) is 0 Å². The molecule has 0 radical (unpaired) electrons. The number of amides is 2. The second-order valence-corrected chi connectivity index (χ2v) is 10.7. The van der Waals surface area contributed by atoms with Crippen LogP contribution in [-0.4, -0.2) is 29.0 Å². The van der Waals surface area contributed by atoms with Gasteiger partial charge in [0.15, 0.2) is 0 Å². The van der Waals surface area contributed by atoms with E-state index in [2.05, 4.69) is 13.8 Å². The quantitative estimate of drug-likeness (QED) is 0.343. The molecule has 2 fully saturated rings. The number of carbonyl (C=O) groups excluding carboxylic acids is 4. The van der Waals surface area contributed by atoms with Gasteiger partial charge in [-0.25, -0.2) is 4.90 Å². The molecule has 0 bridgehead atoms. The second-order valence-electron chi connectivity index (χ2n) is 10.2. The number of anilines is 1. The molecule has 37 heavy (non-hydrogen) atoms. The Labute approximate surface area is 219 Å². The molecule has 186 valence electrons. The lowest BCUT2D eigenvalue weighted by atomic mass is 9.77. The number of fused-ring (bicyclic) bond motifs is 3. The molecule has 1 spiro atoms. The highest BCUT2D eigenvalue weighted by atomic mass is 35.5. The van der Waals surface area contributed by atoms with Crippen molar-refractivity contribution < 1.29 is 23.9 Å². The minimum absolute atomic E-state index is 0.208. The maximum Gasteiger partial charge on any atom is 0.241 e. The zero-order chi connectivity index (χ0) is 26.2. The SMILES string of the molecule is Cc1ccc(N2C(=O)C3C(c4ccc(C(C)C)cc4)OC4(C(=O)c5ccccc5C4=O)C3C2=O)cc1Cl. The van der Waals surface area contributed by atoms with Crippen LogP contribution in [0.4, 0.5) is 5.69 Å². The molecule has 3 unspecified atom stereocenters. The summed E-state index contributed by atoms with van der Waals surface area (Å²) in [6.45, 7) is 5.97. The van der Waals surface area contributed by atoms with Crippen LogP contribution < -0.4 is 4.90 Å². The molecule has 3 aliphatic rings. The van der Waals surface area contributed by atoms with Gasteiger partial charge in [-0.2, -0.15) is 0 Å². The molecule has 6 nitrogen and oxygen atoms in total. The van der Waals surface area contributed by atoms with Gasteiger partial charge in [0.2, 0.25) is 29.0 Å². The number of carbonyl (C=O) groups is 4. The van der Waals surface area contributed by atoms with Gasteiger partial charge in [0.05, 0.1) is 23.6 Å². The summed E-state index contributed by atoms with van der Waals surface area (Å²) in [6, 6.07) is 18.9. The normalized spacial score (nSPS) is 23.9. The van der Waals surface area contributed by atoms with E-state index in [0.29, 0.717) is 22.2 Å². The van der Waals surface area contributed by atoms with Crippen molar-refractivity contribution in [3.63, 3.8) is 0 Å². The fourth-order valence-electron chi connectivity index (χ4n) is 5.86. The van der Waals surface area contributed by atoms with E-state index in [1.807, 2.05) is 31.2 Å². The van der Waals surface area contributed by atoms with Crippen molar-refractivity contribution in [3.8, 4) is 0 Å². The Balaban J connectivity index is 1.52. The topological polar surface area (TPSA) is 80.8 Å². The van der Waals surface area contributed by atoms with Crippen molar-refractivity contribution in [1.29, 1.82) is 0 Å². The van der Waals surface area contributed by atoms with Crippen LogP contribution in [-0.2, 0) is 14.3 Å². The number of hydrogen-bond acceptors (Lipinski definition) is 5. The summed E-state index contributed by atoms with van der Waals surface area (Å²) in [6.07, 6.45) is -0.948. The van der Waals surface area contributed by atoms with Crippen molar-refractivity contribution in [2.24, 2.45) is 11.8 Å². The number of nitrogens with zero attached hydrogens (tertiary/aromatic N) is 1. The summed E-state index contributed by atoms with van der Waals surface area (Å²) in [5, 5.41) is 0.405. The first-order valence-electron chi connectivity index (χ1n) is 12.3. The lowest BCUT2D eigenvalue weighted by Crippen LogP contribution is -2.51. The van der Waals surface area contributed by atoms with Crippen LogP contribution in [0.15, 0.2) is 66.7 Å². The Morgan fingerprint density at radius 1 is 0.865 bits per heavy atom. The van der Waals surface area contributed by atoms with E-state index < -0.39 is 46.9 Å². The van der Waals surface area contributed by atoms with E-state index in [4.69, 9.17) is 16.3 Å². The minimum Gasteiger partial charge on any atom is -0.349 e. The van der Waals surface area contributed by atoms with Gasteiger partial charge < -0.3 is 4.74 Å². The minimum atomic E-state index is -2.09. The number of benzene rings is 3. The number of imide groups is 1. The number of ether oxygens (including phenoxy) is 1. The molecular formula is C30H24ClNO5. The van der Waals surface area contributed by atoms with Crippen LogP contribution in [0, 0.1) is 18.8 Å². The van der Waals surface area contributed by atoms with Gasteiger partial charge in [-0.05, 0) is 41.7 Å². The Kier molecular flexibility index (Phi) is 5.27. The average molecular weight is 514 g/mol. The van der Waals surface area contributed by atoms with Gasteiger partial charge in [0.25, 0.3) is 0 Å². The summed E-state index contributed by atoms with van der Waals surface area (Å²) in [5.41, 5.74) is 1.16. The van der Waals surface area contributed by atoms with E-state index in [-0.39, 0.29) is 11.1 Å². The fraction of sp³-hybridized carbons (Fsp3) is 0.267. The third kappa shape index (κ3) is 3.15. The standard InChI is InChI=1S/C30H24ClNO5/c1-15(2)17-9-11-18(12-10-17)25-23-24(29(36)32(28(23)35)19-13-8-16(3)22(31)14-19)30(37-25)26(33)20-6-4-5-7-21(20)27(30)34/h4-15,23-25H,1-3H3. The molecule has 3 atom stereocenters. The van der Waals surface area contributed by atoms with Gasteiger partial charge in [-0.1, -0.05) is 80.0 Å². The highest BCUT2D eigenvalue weighted by molar-refractivity contribution is 6.37. The van der Waals surface area contributed by atoms with Gasteiger partial charge >= 0.3 is 0 Å². The molecule has 3 aromatic rings. The first kappa shape index (κ1) is 23.8. The number of halogens is 1. The summed E-state index contributed by atoms with van der Waals surface area (Å²) < 4.78 is 6.34. The molecule has 2 saturated heterocycles. The van der Waals surface area contributed by atoms with Gasteiger partial charge in [-0.3, -0.25) is 19.2 Å². The fourth-order valence-corrected chi connectivity index (χ4v) is 6.04. The second kappa shape index (κ2) is 8.20. The van der Waals surface area contributed by atoms with Crippen molar-refractivity contribution >= 4 is 40.7 Å². The summed E-state index contributed by atoms with van der Waals surface area (Å²) in [5.74, 6) is -4.33. The highest BCUT2D eigenvalue weighted by Crippen LogP contribution is 2.57. The van der Waals surface area contributed by atoms with Gasteiger partial charge in [-0.15, -0.1) is 0 Å². The summed E-state index contributed by atoms with van der Waals surface area (Å²) in [7, 11) is 0. The predicted octanol–water partition coefficient (Wildman–Crippen LogP) is 5.47. The molecule has 0 aromatic heterocycles. The number of Topliss-reactive ketones (excluding diaryl/α,β-unsaturated/α-hetero) is 2. The van der Waals surface area contributed by atoms with E-state index in [1.54, 1.807) is 42.5 Å². The number of ketones is 2. The average Bonchev–Trinajstić information content (AvgIpc) is 3.46. The molecule has 7 heteroatoms. The van der Waals surface area contributed by atoms with Crippen LogP contribution in [0.5, 0.6) is 0 Å². The molecule has 6 rings (SSSR count). The maximum absolute atomic E-state index is 14.0. The highest BCUT2D eigenvalue weighted by Gasteiger charge is 2.74. The zero-order valence-corrected chi connectivity index (χ0v) is 21.3. The Bertz CT molecular complexity index is 1470. The van der Waals surface area contributed by atoms with Crippen molar-refractivity contribution in [3.05, 3.63) is 99.6 Å². The summed E-state index contributed by atoms with van der Waals surface area (Å²) >= 11 is 6.32. The molecule has 0 saturated carbocycles. The number of hydrogen-bond donors (Lipinski definition) is 0. The largest absolute Gasteiger partial charge is 0.349 e. The molecule has 2 amide bonds. The lowest BCUT2D eigenvalue weighted by molar-refractivity contribution is -0.127. The monoisotopic (exact) mass is 513 g/mol. The molecule has 1 aliphatic carbocycles. The Hall–Kier alpha value is -3.61. The first-order valence-corrected chi connectivity index (χ1v) is 12.6. The smallest absolute Gasteiger partial charge is 0.241 e. The first-order chi connectivity index (χ1) is 17.7. The van der Waals surface area contributed by atoms with Crippen LogP contribution in [0.25, 0.3) is 0 Å². The maximum atomic E-state index is 14.0.